The molecule has 9 heteroatoms. The van der Waals surface area contributed by atoms with Gasteiger partial charge in [0.25, 0.3) is 5.56 Å². The third-order valence-electron chi connectivity index (χ3n) is 4.60. The summed E-state index contributed by atoms with van der Waals surface area (Å²) in [6, 6.07) is 13.7. The summed E-state index contributed by atoms with van der Waals surface area (Å²) in [4.78, 5) is 31.3. The van der Waals surface area contributed by atoms with Crippen molar-refractivity contribution in [3.8, 4) is 0 Å². The van der Waals surface area contributed by atoms with Gasteiger partial charge < -0.3 is 10.3 Å². The number of anilines is 1. The third-order valence-corrected chi connectivity index (χ3v) is 7.63. The maximum atomic E-state index is 12.8. The molecule has 0 fully saturated rings. The van der Waals surface area contributed by atoms with Gasteiger partial charge in [-0.2, -0.15) is 0 Å². The summed E-state index contributed by atoms with van der Waals surface area (Å²) in [6.07, 6.45) is 1.54. The molecule has 0 saturated heterocycles. The Balaban J connectivity index is 1.78. The molecule has 2 N–H and O–H groups in total. The van der Waals surface area contributed by atoms with Crippen LogP contribution < -0.4 is 10.9 Å². The number of hydrogen-bond acceptors (Lipinski definition) is 6. The molecular weight excluding hydrogens is 434 g/mol. The van der Waals surface area contributed by atoms with Crippen LogP contribution in [0.15, 0.2) is 74.5 Å². The molecule has 1 heterocycles. The highest BCUT2D eigenvalue weighted by Gasteiger charge is 2.24. The van der Waals surface area contributed by atoms with E-state index in [0.717, 1.165) is 29.1 Å². The summed E-state index contributed by atoms with van der Waals surface area (Å²) < 4.78 is 25.5. The number of aromatic nitrogens is 2. The van der Waals surface area contributed by atoms with E-state index in [2.05, 4.69) is 15.3 Å². The van der Waals surface area contributed by atoms with Crippen LogP contribution in [0.3, 0.4) is 0 Å². The highest BCUT2D eigenvalue weighted by atomic mass is 32.2. The zero-order valence-corrected chi connectivity index (χ0v) is 19.0. The topological polar surface area (TPSA) is 109 Å². The number of carbonyl (C=O) groups is 1. The van der Waals surface area contributed by atoms with E-state index in [9.17, 15) is 18.0 Å². The van der Waals surface area contributed by atoms with Gasteiger partial charge in [0.2, 0.25) is 15.7 Å². The van der Waals surface area contributed by atoms with Crippen LogP contribution in [0.1, 0.15) is 24.5 Å². The van der Waals surface area contributed by atoms with Crippen molar-refractivity contribution in [1.82, 2.24) is 9.97 Å². The number of aryl methyl sites for hydroxylation is 2. The molecule has 0 radical (unpaired) electrons. The van der Waals surface area contributed by atoms with Gasteiger partial charge in [-0.25, -0.2) is 13.4 Å². The first-order valence-corrected chi connectivity index (χ1v) is 12.0. The van der Waals surface area contributed by atoms with Crippen LogP contribution in [0.5, 0.6) is 0 Å². The molecular formula is C22H23N3O4S2. The van der Waals surface area contributed by atoms with Crippen LogP contribution in [0.25, 0.3) is 0 Å². The average molecular weight is 458 g/mol. The van der Waals surface area contributed by atoms with Crippen molar-refractivity contribution in [1.29, 1.82) is 0 Å². The molecule has 3 rings (SSSR count). The number of carbonyl (C=O) groups excluding carboxylic acids is 1. The molecule has 0 spiro atoms. The van der Waals surface area contributed by atoms with E-state index in [-0.39, 0.29) is 16.0 Å². The summed E-state index contributed by atoms with van der Waals surface area (Å²) >= 11 is 1.08. The summed E-state index contributed by atoms with van der Waals surface area (Å²) in [5.74, 6) is -0.227. The Morgan fingerprint density at radius 2 is 1.65 bits per heavy atom. The number of H-pyrrole nitrogens is 1. The van der Waals surface area contributed by atoms with Crippen LogP contribution in [0.4, 0.5) is 5.69 Å². The van der Waals surface area contributed by atoms with Crippen LogP contribution in [0, 0.1) is 13.8 Å². The lowest BCUT2D eigenvalue weighted by Crippen LogP contribution is -2.26. The molecule has 0 aliphatic carbocycles. The first-order chi connectivity index (χ1) is 14.7. The third kappa shape index (κ3) is 5.42. The number of amides is 1. The second kappa shape index (κ2) is 9.49. The van der Waals surface area contributed by atoms with Crippen molar-refractivity contribution in [3.63, 3.8) is 0 Å². The Hall–Kier alpha value is -2.91. The van der Waals surface area contributed by atoms with Gasteiger partial charge in [-0.15, -0.1) is 0 Å². The van der Waals surface area contributed by atoms with Crippen molar-refractivity contribution >= 4 is 33.2 Å². The van der Waals surface area contributed by atoms with Gasteiger partial charge >= 0.3 is 0 Å². The lowest BCUT2D eigenvalue weighted by molar-refractivity contribution is -0.115. The van der Waals surface area contributed by atoms with Gasteiger partial charge in [0.05, 0.1) is 16.3 Å². The molecule has 31 heavy (non-hydrogen) atoms. The van der Waals surface area contributed by atoms with Gasteiger partial charge in [-0.1, -0.05) is 54.1 Å². The van der Waals surface area contributed by atoms with Crippen molar-refractivity contribution in [2.24, 2.45) is 0 Å². The zero-order chi connectivity index (χ0) is 22.6. The minimum absolute atomic E-state index is 0.0229. The Bertz CT molecular complexity index is 1230. The molecule has 2 aromatic carbocycles. The van der Waals surface area contributed by atoms with E-state index in [4.69, 9.17) is 0 Å². The molecule has 7 nitrogen and oxygen atoms in total. The molecule has 1 atom stereocenters. The lowest BCUT2D eigenvalue weighted by Gasteiger charge is -2.14. The van der Waals surface area contributed by atoms with E-state index >= 15 is 0 Å². The van der Waals surface area contributed by atoms with Gasteiger partial charge in [-0.3, -0.25) is 9.59 Å². The molecule has 0 aliphatic rings. The number of aromatic amines is 1. The molecule has 162 valence electrons. The zero-order valence-electron chi connectivity index (χ0n) is 17.4. The number of thioether (sulfide) groups is 1. The Labute approximate surface area is 185 Å². The van der Waals surface area contributed by atoms with Gasteiger partial charge in [0.15, 0.2) is 10.1 Å². The number of nitrogens with one attached hydrogen (secondary N) is 2. The molecule has 0 saturated carbocycles. The molecule has 1 aromatic heterocycles. The standard InChI is InChI=1S/C22H23N3O4S2/c1-4-18(20(26)24-16-9-5-14(2)6-10-16)30-22-23-13-19(21(27)25-22)31(28,29)17-11-7-15(3)8-12-17/h5-13,18H,4H2,1-3H3,(H,24,26)(H,23,25,27)/t18-/m0/s1. The fourth-order valence-corrected chi connectivity index (χ4v) is 4.88. The minimum Gasteiger partial charge on any atom is -0.325 e. The maximum Gasteiger partial charge on any atom is 0.270 e. The average Bonchev–Trinajstić information content (AvgIpc) is 2.73. The number of sulfone groups is 1. The van der Waals surface area contributed by atoms with Crippen LogP contribution in [-0.4, -0.2) is 29.5 Å². The fraction of sp³-hybridized carbons (Fsp3) is 0.227. The molecule has 3 aromatic rings. The van der Waals surface area contributed by atoms with Gasteiger partial charge in [0, 0.05) is 5.69 Å². The van der Waals surface area contributed by atoms with E-state index in [0.29, 0.717) is 12.1 Å². The van der Waals surface area contributed by atoms with E-state index in [1.54, 1.807) is 12.1 Å². The highest BCUT2D eigenvalue weighted by Crippen LogP contribution is 2.24. The van der Waals surface area contributed by atoms with Crippen LogP contribution >= 0.6 is 11.8 Å². The van der Waals surface area contributed by atoms with E-state index in [1.807, 2.05) is 45.0 Å². The molecule has 0 unspecified atom stereocenters. The van der Waals surface area contributed by atoms with Crippen molar-refractivity contribution < 1.29 is 13.2 Å². The molecule has 0 aliphatic heterocycles. The quantitative estimate of drug-likeness (QED) is 0.413. The summed E-state index contributed by atoms with van der Waals surface area (Å²) in [5, 5.41) is 2.51. The predicted octanol–water partition coefficient (Wildman–Crippen LogP) is 3.73. The number of rotatable bonds is 7. The van der Waals surface area contributed by atoms with Gasteiger partial charge in [-0.05, 0) is 44.5 Å². The number of hydrogen-bond donors (Lipinski definition) is 2. The SMILES string of the molecule is CC[C@H](Sc1ncc(S(=O)(=O)c2ccc(C)cc2)c(=O)[nH]1)C(=O)Nc1ccc(C)cc1. The van der Waals surface area contributed by atoms with Crippen molar-refractivity contribution in [2.45, 2.75) is 47.4 Å². The fourth-order valence-electron chi connectivity index (χ4n) is 2.78. The Kier molecular flexibility index (Phi) is 6.97. The highest BCUT2D eigenvalue weighted by molar-refractivity contribution is 8.00. The summed E-state index contributed by atoms with van der Waals surface area (Å²) in [5.41, 5.74) is 1.90. The maximum absolute atomic E-state index is 12.8. The van der Waals surface area contributed by atoms with Crippen molar-refractivity contribution in [2.75, 3.05) is 5.32 Å². The lowest BCUT2D eigenvalue weighted by atomic mass is 10.2. The Morgan fingerprint density at radius 3 is 2.19 bits per heavy atom. The smallest absolute Gasteiger partial charge is 0.270 e. The molecule has 1 amide bonds. The summed E-state index contributed by atoms with van der Waals surface area (Å²) in [6.45, 7) is 5.65. The second-order valence-corrected chi connectivity index (χ2v) is 10.2. The van der Waals surface area contributed by atoms with Crippen LogP contribution in [-0.2, 0) is 14.6 Å². The van der Waals surface area contributed by atoms with E-state index in [1.165, 1.54) is 12.1 Å². The monoisotopic (exact) mass is 457 g/mol. The first-order valence-electron chi connectivity index (χ1n) is 9.66. The van der Waals surface area contributed by atoms with Gasteiger partial charge in [0.1, 0.15) is 0 Å². The first kappa shape index (κ1) is 22.8. The predicted molar refractivity (Wildman–Crippen MR) is 121 cm³/mol. The second-order valence-electron chi connectivity index (χ2n) is 7.07. The number of benzene rings is 2. The van der Waals surface area contributed by atoms with Crippen LogP contribution in [0.2, 0.25) is 0 Å². The largest absolute Gasteiger partial charge is 0.325 e. The van der Waals surface area contributed by atoms with Crippen molar-refractivity contribution in [3.05, 3.63) is 76.2 Å². The molecule has 0 bridgehead atoms. The minimum atomic E-state index is -3.99. The van der Waals surface area contributed by atoms with E-state index < -0.39 is 25.5 Å². The Morgan fingerprint density at radius 1 is 1.06 bits per heavy atom. The number of nitrogens with zero attached hydrogens (tertiary/aromatic N) is 1. The summed E-state index contributed by atoms with van der Waals surface area (Å²) in [7, 11) is -3.99. The normalized spacial score (nSPS) is 12.4.